The van der Waals surface area contributed by atoms with Gasteiger partial charge in [-0.05, 0) is 299 Å². The number of nitrogens with zero attached hydrogens (tertiary/aromatic N) is 10. The number of aromatic nitrogens is 4. The number of hydrogen-bond donors (Lipinski definition) is 0. The van der Waals surface area contributed by atoms with Crippen LogP contribution in [0, 0.1) is 59.5 Å². The second-order valence-corrected chi connectivity index (χ2v) is 36.6. The van der Waals surface area contributed by atoms with Crippen LogP contribution in [0.1, 0.15) is 62.9 Å². The predicted octanol–water partition coefficient (Wildman–Crippen LogP) is 32.9. The molecule has 22 aromatic rings. The molecule has 0 N–H and O–H groups in total. The van der Waals surface area contributed by atoms with E-state index in [1.807, 2.05) is 121 Å². The molecule has 0 atom stereocenters. The topological polar surface area (TPSA) is 123 Å². The summed E-state index contributed by atoms with van der Waals surface area (Å²) in [6.45, 7) is 30.4. The van der Waals surface area contributed by atoms with E-state index in [-0.39, 0.29) is 31.6 Å². The lowest BCUT2D eigenvalue weighted by Gasteiger charge is -2.32. The molecule has 5 heterocycles. The average molecular weight is 1910 g/mol. The SMILES string of the molecule is C.CC1(C)OB(c2cccc(-n3c4ccccc4c4ccccc43)c2)OC1(C)C.N#Cc1cccc(-c2cc(F)cc(Br)c2)c1.[C-]#[N+]c1ccc2c(c1)-c1ccccc1C2.[C-]#[N+]c1ccc2c(c1)c1ccccc1n2-c1cc(-c2cccc(C#N)c2)cc(-c2cccc(-n3c4ccccc4c4ccccc43)c2)c1.[C-]#[N+]c1ccc2c(c1)c1ccccc1n2-c1cc(Br)cc(-c2cccc(C#N)c2)c1. The zero-order chi connectivity index (χ0) is 94.2. The maximum Gasteiger partial charge on any atom is 0.494 e. The molecule has 0 amide bonds. The van der Waals surface area contributed by atoms with Gasteiger partial charge >= 0.3 is 7.12 Å². The summed E-state index contributed by atoms with van der Waals surface area (Å²) in [6, 6.07) is 141. The van der Waals surface area contributed by atoms with Gasteiger partial charge in [0.1, 0.15) is 5.82 Å². The van der Waals surface area contributed by atoms with Gasteiger partial charge in [0.05, 0.1) is 110 Å². The largest absolute Gasteiger partial charge is 0.494 e. The van der Waals surface area contributed by atoms with Crippen LogP contribution in [-0.2, 0) is 15.7 Å². The van der Waals surface area contributed by atoms with E-state index < -0.39 is 0 Å². The molecule has 4 aromatic heterocycles. The van der Waals surface area contributed by atoms with Crippen LogP contribution < -0.4 is 5.46 Å². The number of para-hydroxylation sites is 6. The number of fused-ring (bicyclic) bond motifs is 15. The molecule has 24 rings (SSSR count). The number of benzene rings is 18. The van der Waals surface area contributed by atoms with Crippen molar-refractivity contribution in [2.75, 3.05) is 0 Å². The third kappa shape index (κ3) is 17.5. The van der Waals surface area contributed by atoms with E-state index in [4.69, 9.17) is 34.3 Å². The Kier molecular flexibility index (Phi) is 24.9. The summed E-state index contributed by atoms with van der Waals surface area (Å²) in [6.07, 6.45) is 1.00. The summed E-state index contributed by atoms with van der Waals surface area (Å²) in [7, 11) is -0.363. The third-order valence-electron chi connectivity index (χ3n) is 25.9. The first-order valence-electron chi connectivity index (χ1n) is 44.7. The van der Waals surface area contributed by atoms with Crippen LogP contribution in [0.25, 0.3) is 180 Å². The third-order valence-corrected chi connectivity index (χ3v) is 26.8. The van der Waals surface area contributed by atoms with Crippen LogP contribution in [0.3, 0.4) is 0 Å². The van der Waals surface area contributed by atoms with Crippen LogP contribution in [0.4, 0.5) is 21.5 Å². The van der Waals surface area contributed by atoms with Crippen molar-refractivity contribution in [3.8, 4) is 96.6 Å². The number of hydrogen-bond acceptors (Lipinski definition) is 5. The fourth-order valence-electron chi connectivity index (χ4n) is 18.8. The van der Waals surface area contributed by atoms with E-state index in [1.54, 1.807) is 18.2 Å². The van der Waals surface area contributed by atoms with Gasteiger partial charge in [-0.1, -0.05) is 258 Å². The summed E-state index contributed by atoms with van der Waals surface area (Å²) >= 11 is 6.91. The highest BCUT2D eigenvalue weighted by Crippen LogP contribution is 2.45. The van der Waals surface area contributed by atoms with Gasteiger partial charge in [-0.15, -0.1) is 0 Å². The minimum atomic E-state index is -0.363. The molecule has 1 fully saturated rings. The van der Waals surface area contributed by atoms with Crippen molar-refractivity contribution in [1.29, 1.82) is 15.8 Å². The minimum absolute atomic E-state index is 0. The first-order chi connectivity index (χ1) is 66.8. The summed E-state index contributed by atoms with van der Waals surface area (Å²) in [5.74, 6) is -0.299. The minimum Gasteiger partial charge on any atom is -0.399 e. The molecule has 0 saturated carbocycles. The van der Waals surface area contributed by atoms with Crippen molar-refractivity contribution in [2.24, 2.45) is 0 Å². The average Bonchev–Trinajstić information content (AvgIpc) is 1.60. The Morgan fingerprint density at radius 3 is 1.06 bits per heavy atom. The van der Waals surface area contributed by atoms with Gasteiger partial charge < -0.3 is 27.6 Å². The Labute approximate surface area is 816 Å². The lowest BCUT2D eigenvalue weighted by Crippen LogP contribution is -2.41. The molecule has 1 aliphatic heterocycles. The van der Waals surface area contributed by atoms with Gasteiger partial charge in [-0.3, -0.25) is 0 Å². The predicted molar refractivity (Wildman–Crippen MR) is 570 cm³/mol. The molecule has 0 radical (unpaired) electrons. The normalized spacial score (nSPS) is 12.4. The van der Waals surface area contributed by atoms with E-state index in [9.17, 15) is 14.9 Å². The first kappa shape index (κ1) is 90.2. The molecule has 2 aliphatic rings. The molecule has 0 spiro atoms. The number of halogens is 3. The van der Waals surface area contributed by atoms with Crippen molar-refractivity contribution in [1.82, 2.24) is 18.3 Å². The Bertz CT molecular complexity index is 8760. The summed E-state index contributed by atoms with van der Waals surface area (Å²) in [4.78, 5) is 10.8. The highest BCUT2D eigenvalue weighted by molar-refractivity contribution is 9.10. The van der Waals surface area contributed by atoms with Crippen LogP contribution in [0.5, 0.6) is 0 Å². The molecular formula is C122H84BBr2FN10O2. The van der Waals surface area contributed by atoms with E-state index >= 15 is 0 Å². The second-order valence-electron chi connectivity index (χ2n) is 34.8. The molecule has 1 saturated heterocycles. The van der Waals surface area contributed by atoms with Crippen LogP contribution in [-0.4, -0.2) is 36.6 Å². The highest BCUT2D eigenvalue weighted by Gasteiger charge is 2.52. The quantitative estimate of drug-likeness (QED) is 0.105. The Hall–Kier alpha value is -17.0. The maximum absolute atomic E-state index is 13.2. The van der Waals surface area contributed by atoms with Crippen molar-refractivity contribution in [3.63, 3.8) is 0 Å². The van der Waals surface area contributed by atoms with Crippen molar-refractivity contribution >= 4 is 149 Å². The van der Waals surface area contributed by atoms with E-state index in [2.05, 4.69) is 359 Å². The zero-order valence-corrected chi connectivity index (χ0v) is 78.0. The van der Waals surface area contributed by atoms with Crippen molar-refractivity contribution < 1.29 is 13.7 Å². The fourth-order valence-corrected chi connectivity index (χ4v) is 19.7. The molecule has 12 nitrogen and oxygen atoms in total. The van der Waals surface area contributed by atoms with Crippen LogP contribution in [0.2, 0.25) is 0 Å². The highest BCUT2D eigenvalue weighted by atomic mass is 79.9. The van der Waals surface area contributed by atoms with Gasteiger partial charge in [0.25, 0.3) is 0 Å². The lowest BCUT2D eigenvalue weighted by atomic mass is 9.79. The standard InChI is InChI=1S/C44H26N4.C26H14BrN3.C24H24BNO2.C14H9N.C13H7BrFN.CH4/c1-46-34-20-21-44-40(27-34)39-16-4-7-19-43(39)48(44)36-25-32(30-11-8-10-29(22-30)28-45)23-33(26-36)31-12-9-13-35(24-31)47-41-17-5-2-14-37(41)38-15-3-6-18-42(38)47;1-29-21-9-10-26-24(15-21)23-7-2-3-8-25(23)30(26)22-13-19(12-20(27)14-22)18-6-4-5-17(11-18)16-28;1-23(2)24(3,4)28-25(27-23)17-10-9-11-18(16-17)26-21-14-7-5-12-19(21)20-13-6-8-15-22(20)26;1-15-12-7-6-11-8-10-4-2-3-5-13(10)14(11)9-12;14-12-5-11(6-13(15)7-12)10-3-1-2-9(4-10)8-16;/h2-27H;2-15H;5-16H,1-4H3;2-7,9H,8H2;1-7H;1H4. The Morgan fingerprint density at radius 1 is 0.297 bits per heavy atom. The van der Waals surface area contributed by atoms with Crippen LogP contribution >= 0.6 is 31.9 Å². The molecule has 16 heteroatoms. The summed E-state index contributed by atoms with van der Waals surface area (Å²) < 4.78 is 36.6. The molecular weight excluding hydrogens is 1830 g/mol. The molecule has 0 unspecified atom stereocenters. The van der Waals surface area contributed by atoms with E-state index in [0.29, 0.717) is 32.5 Å². The Balaban J connectivity index is 0.000000117. The lowest BCUT2D eigenvalue weighted by molar-refractivity contribution is 0.00578. The molecule has 658 valence electrons. The monoisotopic (exact) mass is 1910 g/mol. The van der Waals surface area contributed by atoms with Crippen molar-refractivity contribution in [3.05, 3.63) is 477 Å². The number of rotatable bonds is 9. The summed E-state index contributed by atoms with van der Waals surface area (Å²) in [5, 5.41) is 37.1. The van der Waals surface area contributed by atoms with Crippen LogP contribution in [0.15, 0.2) is 409 Å². The van der Waals surface area contributed by atoms with Gasteiger partial charge in [0, 0.05) is 64.0 Å². The van der Waals surface area contributed by atoms with E-state index in [1.165, 1.54) is 78.0 Å². The molecule has 138 heavy (non-hydrogen) atoms. The maximum atomic E-state index is 13.2. The van der Waals surface area contributed by atoms with Gasteiger partial charge in [-0.25, -0.2) is 18.9 Å². The first-order valence-corrected chi connectivity index (χ1v) is 46.3. The fraction of sp³-hybridized carbons (Fsp3) is 0.0656. The summed E-state index contributed by atoms with van der Waals surface area (Å²) in [5.41, 5.74) is 30.4. The van der Waals surface area contributed by atoms with Gasteiger partial charge in [0.2, 0.25) is 0 Å². The molecule has 1 aliphatic carbocycles. The smallest absolute Gasteiger partial charge is 0.399 e. The number of nitriles is 3. The van der Waals surface area contributed by atoms with Gasteiger partial charge in [0.15, 0.2) is 17.1 Å². The molecule has 18 aromatic carbocycles. The van der Waals surface area contributed by atoms with Crippen molar-refractivity contribution in [2.45, 2.75) is 52.7 Å². The van der Waals surface area contributed by atoms with Gasteiger partial charge in [-0.2, -0.15) is 15.8 Å². The second kappa shape index (κ2) is 38.2. The zero-order valence-electron chi connectivity index (χ0n) is 74.8. The molecule has 0 bridgehead atoms. The Morgan fingerprint density at radius 2 is 0.623 bits per heavy atom. The van der Waals surface area contributed by atoms with E-state index in [0.717, 1.165) is 133 Å².